The van der Waals surface area contributed by atoms with Gasteiger partial charge < -0.3 is 25.1 Å². The number of allylic oxidation sites excluding steroid dienone is 1. The molecular formula is C25H20BrIN2O4. The minimum atomic E-state index is -0.465. The highest BCUT2D eigenvalue weighted by Gasteiger charge is 2.32. The Hall–Kier alpha value is -2.90. The van der Waals surface area contributed by atoms with Gasteiger partial charge in [0.25, 0.3) is 0 Å². The Bertz CT molecular complexity index is 1270. The summed E-state index contributed by atoms with van der Waals surface area (Å²) in [6.07, 6.45) is 0. The van der Waals surface area contributed by atoms with Crippen molar-refractivity contribution in [2.24, 2.45) is 5.73 Å². The van der Waals surface area contributed by atoms with Crippen molar-refractivity contribution in [1.29, 1.82) is 5.26 Å². The molecule has 1 heterocycles. The Morgan fingerprint density at radius 3 is 2.61 bits per heavy atom. The fraction of sp³-hybridized carbons (Fsp3) is 0.160. The fourth-order valence-corrected chi connectivity index (χ4v) is 4.73. The topological polar surface area (TPSA) is 97.7 Å². The van der Waals surface area contributed by atoms with Crippen LogP contribution in [0.4, 0.5) is 0 Å². The average molecular weight is 619 g/mol. The Morgan fingerprint density at radius 2 is 1.91 bits per heavy atom. The van der Waals surface area contributed by atoms with E-state index in [9.17, 15) is 10.4 Å². The van der Waals surface area contributed by atoms with Gasteiger partial charge in [-0.05, 0) is 71.0 Å². The monoisotopic (exact) mass is 618 g/mol. The van der Waals surface area contributed by atoms with Gasteiger partial charge in [-0.2, -0.15) is 5.26 Å². The molecule has 0 fully saturated rings. The summed E-state index contributed by atoms with van der Waals surface area (Å²) in [6.45, 7) is 2.75. The normalized spacial score (nSPS) is 14.8. The van der Waals surface area contributed by atoms with Crippen molar-refractivity contribution in [3.8, 4) is 29.1 Å². The second-order valence-electron chi connectivity index (χ2n) is 7.33. The molecule has 0 aromatic heterocycles. The summed E-state index contributed by atoms with van der Waals surface area (Å²) in [6, 6.07) is 18.7. The maximum absolute atomic E-state index is 9.87. The molecular weight excluding hydrogens is 599 g/mol. The fourth-order valence-electron chi connectivity index (χ4n) is 3.68. The molecule has 0 saturated heterocycles. The molecule has 0 spiro atoms. The predicted molar refractivity (Wildman–Crippen MR) is 136 cm³/mol. The lowest BCUT2D eigenvalue weighted by Crippen LogP contribution is -2.21. The second-order valence-corrected chi connectivity index (χ2v) is 9.40. The van der Waals surface area contributed by atoms with Crippen molar-refractivity contribution in [3.05, 3.63) is 90.8 Å². The van der Waals surface area contributed by atoms with E-state index >= 15 is 0 Å². The zero-order valence-electron chi connectivity index (χ0n) is 17.6. The van der Waals surface area contributed by atoms with Gasteiger partial charge in [0.1, 0.15) is 29.7 Å². The van der Waals surface area contributed by atoms with Crippen molar-refractivity contribution in [1.82, 2.24) is 0 Å². The van der Waals surface area contributed by atoms with Gasteiger partial charge in [-0.1, -0.05) is 34.1 Å². The lowest BCUT2D eigenvalue weighted by molar-refractivity contribution is 0.267. The number of nitrogens with zero attached hydrogens (tertiary/aromatic N) is 1. The molecule has 3 aromatic carbocycles. The molecule has 33 heavy (non-hydrogen) atoms. The van der Waals surface area contributed by atoms with E-state index < -0.39 is 5.92 Å². The smallest absolute Gasteiger partial charge is 0.205 e. The highest BCUT2D eigenvalue weighted by atomic mass is 127. The van der Waals surface area contributed by atoms with Crippen LogP contribution in [-0.4, -0.2) is 11.7 Å². The zero-order chi connectivity index (χ0) is 23.5. The van der Waals surface area contributed by atoms with Crippen LogP contribution in [0, 0.1) is 14.9 Å². The van der Waals surface area contributed by atoms with Gasteiger partial charge in [0, 0.05) is 16.1 Å². The summed E-state index contributed by atoms with van der Waals surface area (Å²) >= 11 is 5.65. The summed E-state index contributed by atoms with van der Waals surface area (Å²) < 4.78 is 19.5. The van der Waals surface area contributed by atoms with E-state index in [1.54, 1.807) is 12.1 Å². The Morgan fingerprint density at radius 1 is 1.15 bits per heavy atom. The quantitative estimate of drug-likeness (QED) is 0.331. The number of benzene rings is 3. The Kier molecular flexibility index (Phi) is 7.00. The number of nitrogens with two attached hydrogens (primary N) is 1. The highest BCUT2D eigenvalue weighted by molar-refractivity contribution is 14.1. The molecule has 0 unspecified atom stereocenters. The number of aromatic hydroxyl groups is 1. The van der Waals surface area contributed by atoms with E-state index in [-0.39, 0.29) is 11.6 Å². The Balaban J connectivity index is 1.75. The van der Waals surface area contributed by atoms with E-state index in [4.69, 9.17) is 19.9 Å². The van der Waals surface area contributed by atoms with Gasteiger partial charge in [0.15, 0.2) is 11.5 Å². The molecule has 1 aliphatic rings. The van der Waals surface area contributed by atoms with Gasteiger partial charge in [-0.15, -0.1) is 0 Å². The maximum Gasteiger partial charge on any atom is 0.205 e. The van der Waals surface area contributed by atoms with Gasteiger partial charge in [-0.3, -0.25) is 0 Å². The number of rotatable bonds is 6. The van der Waals surface area contributed by atoms with Gasteiger partial charge in [0.05, 0.1) is 16.1 Å². The van der Waals surface area contributed by atoms with Crippen LogP contribution in [0.1, 0.15) is 29.5 Å². The molecule has 3 N–H and O–H groups in total. The SMILES string of the molecule is CCOc1cc([C@H]2C(C#N)=C(N)Oc3cc(O)ccc32)cc(I)c1OCc1ccc(Br)cc1. The summed E-state index contributed by atoms with van der Waals surface area (Å²) in [7, 11) is 0. The third-order valence-corrected chi connectivity index (χ3v) is 6.49. The van der Waals surface area contributed by atoms with Gasteiger partial charge in [0.2, 0.25) is 5.88 Å². The minimum absolute atomic E-state index is 0.0177. The van der Waals surface area contributed by atoms with Crippen LogP contribution in [0.25, 0.3) is 0 Å². The first-order valence-corrected chi connectivity index (χ1v) is 12.0. The van der Waals surface area contributed by atoms with E-state index in [1.165, 1.54) is 6.07 Å². The van der Waals surface area contributed by atoms with Crippen molar-refractivity contribution in [2.75, 3.05) is 6.61 Å². The minimum Gasteiger partial charge on any atom is -0.508 e. The number of fused-ring (bicyclic) bond motifs is 1. The molecule has 0 amide bonds. The van der Waals surface area contributed by atoms with Crippen LogP contribution in [0.2, 0.25) is 0 Å². The number of phenols is 1. The highest BCUT2D eigenvalue weighted by Crippen LogP contribution is 2.46. The summed E-state index contributed by atoms with van der Waals surface area (Å²) in [5.74, 6) is 1.25. The van der Waals surface area contributed by atoms with Crippen molar-refractivity contribution >= 4 is 38.5 Å². The number of nitriles is 1. The number of hydrogen-bond donors (Lipinski definition) is 2. The zero-order valence-corrected chi connectivity index (χ0v) is 21.4. The van der Waals surface area contributed by atoms with Crippen molar-refractivity contribution < 1.29 is 19.3 Å². The molecule has 1 atom stereocenters. The Labute approximate surface area is 213 Å². The van der Waals surface area contributed by atoms with Crippen LogP contribution in [0.15, 0.2) is 70.5 Å². The van der Waals surface area contributed by atoms with Crippen molar-refractivity contribution in [3.63, 3.8) is 0 Å². The maximum atomic E-state index is 9.87. The first kappa shape index (κ1) is 23.3. The third kappa shape index (κ3) is 4.89. The number of ether oxygens (including phenoxy) is 3. The average Bonchev–Trinajstić information content (AvgIpc) is 2.78. The first-order valence-electron chi connectivity index (χ1n) is 10.1. The first-order chi connectivity index (χ1) is 15.9. The van der Waals surface area contributed by atoms with E-state index in [2.05, 4.69) is 44.6 Å². The molecule has 0 radical (unpaired) electrons. The molecule has 3 aromatic rings. The van der Waals surface area contributed by atoms with E-state index in [1.807, 2.05) is 43.3 Å². The standard InChI is InChI=1S/C25H20BrIN2O4/c1-2-31-22-10-15(9-20(27)24(22)32-13-14-3-5-16(26)6-4-14)23-18-8-7-17(30)11-21(18)33-25(29)19(23)12-28/h3-11,23,30H,2,13,29H2,1H3/t23-/m1/s1. The largest absolute Gasteiger partial charge is 0.508 e. The lowest BCUT2D eigenvalue weighted by atomic mass is 9.83. The van der Waals surface area contributed by atoms with Crippen LogP contribution >= 0.6 is 38.5 Å². The van der Waals surface area contributed by atoms with E-state index in [0.717, 1.165) is 24.7 Å². The number of halogens is 2. The molecule has 1 aliphatic heterocycles. The molecule has 6 nitrogen and oxygen atoms in total. The van der Waals surface area contributed by atoms with Gasteiger partial charge in [-0.25, -0.2) is 0 Å². The molecule has 8 heteroatoms. The summed E-state index contributed by atoms with van der Waals surface area (Å²) in [5, 5.41) is 19.7. The molecule has 0 bridgehead atoms. The predicted octanol–water partition coefficient (Wildman–Crippen LogP) is 5.96. The van der Waals surface area contributed by atoms with Crippen molar-refractivity contribution in [2.45, 2.75) is 19.4 Å². The molecule has 0 saturated carbocycles. The van der Waals surface area contributed by atoms with Crippen LogP contribution in [-0.2, 0) is 6.61 Å². The number of phenolic OH excluding ortho intramolecular Hbond substituents is 1. The third-order valence-electron chi connectivity index (χ3n) is 5.16. The van der Waals surface area contributed by atoms with E-state index in [0.29, 0.717) is 36.0 Å². The molecule has 168 valence electrons. The summed E-state index contributed by atoms with van der Waals surface area (Å²) in [5.41, 5.74) is 8.94. The lowest BCUT2D eigenvalue weighted by Gasteiger charge is -2.27. The molecule has 0 aliphatic carbocycles. The summed E-state index contributed by atoms with van der Waals surface area (Å²) in [4.78, 5) is 0. The van der Waals surface area contributed by atoms with Crippen LogP contribution < -0.4 is 19.9 Å². The van der Waals surface area contributed by atoms with Crippen LogP contribution in [0.3, 0.4) is 0 Å². The van der Waals surface area contributed by atoms with Gasteiger partial charge >= 0.3 is 0 Å². The molecule has 4 rings (SSSR count). The number of hydrogen-bond acceptors (Lipinski definition) is 6. The second kappa shape index (κ2) is 9.93. The van der Waals surface area contributed by atoms with Crippen LogP contribution in [0.5, 0.6) is 23.0 Å².